The Bertz CT molecular complexity index is 559. The van der Waals surface area contributed by atoms with Crippen LogP contribution in [0.1, 0.15) is 34.7 Å². The molecule has 4 nitrogen and oxygen atoms in total. The van der Waals surface area contributed by atoms with Crippen LogP contribution >= 0.6 is 11.3 Å². The van der Waals surface area contributed by atoms with Crippen molar-refractivity contribution in [3.8, 4) is 0 Å². The molecular weight excluding hydrogens is 270 g/mol. The molecule has 0 aliphatic heterocycles. The number of nitrogens with zero attached hydrogens (tertiary/aromatic N) is 2. The third-order valence-corrected chi connectivity index (χ3v) is 4.59. The summed E-state index contributed by atoms with van der Waals surface area (Å²) in [6, 6.07) is 2.81. The van der Waals surface area contributed by atoms with Gasteiger partial charge in [-0.2, -0.15) is 0 Å². The smallest absolute Gasteiger partial charge is 0.122 e. The van der Waals surface area contributed by atoms with Crippen molar-refractivity contribution in [1.29, 1.82) is 0 Å². The molecule has 2 aromatic heterocycles. The van der Waals surface area contributed by atoms with E-state index < -0.39 is 0 Å². The van der Waals surface area contributed by atoms with Crippen molar-refractivity contribution in [2.45, 2.75) is 45.4 Å². The number of hydrogen-bond acceptors (Lipinski definition) is 5. The number of thiazole rings is 1. The van der Waals surface area contributed by atoms with E-state index in [1.165, 1.54) is 23.3 Å². The summed E-state index contributed by atoms with van der Waals surface area (Å²) in [5.41, 5.74) is 4.33. The molecule has 0 bridgehead atoms. The molecule has 1 fully saturated rings. The van der Waals surface area contributed by atoms with Gasteiger partial charge >= 0.3 is 0 Å². The van der Waals surface area contributed by atoms with Crippen molar-refractivity contribution in [3.05, 3.63) is 39.7 Å². The Balaban J connectivity index is 1.56. The normalized spacial score (nSPS) is 15.2. The molecule has 20 heavy (non-hydrogen) atoms. The van der Waals surface area contributed by atoms with Gasteiger partial charge in [-0.1, -0.05) is 0 Å². The Hall–Kier alpha value is -1.17. The van der Waals surface area contributed by atoms with Gasteiger partial charge in [0.15, 0.2) is 0 Å². The van der Waals surface area contributed by atoms with E-state index in [9.17, 15) is 0 Å². The summed E-state index contributed by atoms with van der Waals surface area (Å²) in [4.78, 5) is 7.91. The maximum atomic E-state index is 5.64. The van der Waals surface area contributed by atoms with Gasteiger partial charge in [-0.15, -0.1) is 11.3 Å². The Labute approximate surface area is 123 Å². The molecule has 1 aliphatic rings. The third kappa shape index (κ3) is 3.48. The van der Waals surface area contributed by atoms with E-state index in [0.717, 1.165) is 37.1 Å². The molecule has 3 rings (SSSR count). The van der Waals surface area contributed by atoms with Gasteiger partial charge < -0.3 is 9.73 Å². The third-order valence-electron chi connectivity index (χ3n) is 3.67. The molecule has 0 unspecified atom stereocenters. The van der Waals surface area contributed by atoms with Crippen molar-refractivity contribution in [2.75, 3.05) is 7.05 Å². The minimum Gasteiger partial charge on any atom is -0.468 e. The molecule has 1 saturated carbocycles. The number of aryl methyl sites for hydroxylation is 1. The zero-order valence-electron chi connectivity index (χ0n) is 12.1. The number of rotatable bonds is 7. The monoisotopic (exact) mass is 291 g/mol. The van der Waals surface area contributed by atoms with Gasteiger partial charge in [0.25, 0.3) is 0 Å². The van der Waals surface area contributed by atoms with E-state index in [1.807, 2.05) is 5.51 Å². The number of aromatic nitrogens is 1. The van der Waals surface area contributed by atoms with Crippen LogP contribution in [0.2, 0.25) is 0 Å². The SMILES string of the molecule is Cc1ncsc1CN(C)Cc1occc1CNC1CC1. The number of hydrogen-bond donors (Lipinski definition) is 1. The van der Waals surface area contributed by atoms with Crippen LogP contribution in [0, 0.1) is 6.92 Å². The van der Waals surface area contributed by atoms with Crippen LogP contribution in [0.5, 0.6) is 0 Å². The lowest BCUT2D eigenvalue weighted by molar-refractivity contribution is 0.287. The van der Waals surface area contributed by atoms with E-state index in [0.29, 0.717) is 0 Å². The Kier molecular flexibility index (Phi) is 4.19. The first-order chi connectivity index (χ1) is 9.72. The summed E-state index contributed by atoms with van der Waals surface area (Å²) >= 11 is 1.72. The van der Waals surface area contributed by atoms with Crippen molar-refractivity contribution >= 4 is 11.3 Å². The van der Waals surface area contributed by atoms with Crippen LogP contribution in [0.4, 0.5) is 0 Å². The highest BCUT2D eigenvalue weighted by Gasteiger charge is 2.21. The summed E-state index contributed by atoms with van der Waals surface area (Å²) < 4.78 is 5.64. The van der Waals surface area contributed by atoms with E-state index in [2.05, 4.69) is 35.2 Å². The lowest BCUT2D eigenvalue weighted by atomic mass is 10.2. The first-order valence-corrected chi connectivity index (χ1v) is 7.96. The topological polar surface area (TPSA) is 41.3 Å². The molecule has 1 aliphatic carbocycles. The maximum absolute atomic E-state index is 5.64. The highest BCUT2D eigenvalue weighted by Crippen LogP contribution is 2.21. The average molecular weight is 291 g/mol. The minimum absolute atomic E-state index is 0.732. The molecule has 1 N–H and O–H groups in total. The first-order valence-electron chi connectivity index (χ1n) is 7.08. The summed E-state index contributed by atoms with van der Waals surface area (Å²) in [6.07, 6.45) is 4.43. The molecule has 5 heteroatoms. The molecule has 0 atom stereocenters. The zero-order valence-corrected chi connectivity index (χ0v) is 12.9. The van der Waals surface area contributed by atoms with Gasteiger partial charge in [-0.3, -0.25) is 4.90 Å². The summed E-state index contributed by atoms with van der Waals surface area (Å²) in [7, 11) is 2.12. The van der Waals surface area contributed by atoms with Gasteiger partial charge in [-0.25, -0.2) is 4.98 Å². The van der Waals surface area contributed by atoms with E-state index in [-0.39, 0.29) is 0 Å². The molecule has 0 aromatic carbocycles. The lowest BCUT2D eigenvalue weighted by Gasteiger charge is -2.15. The van der Waals surface area contributed by atoms with Gasteiger partial charge in [0.05, 0.1) is 24.0 Å². The van der Waals surface area contributed by atoms with E-state index in [4.69, 9.17) is 4.42 Å². The van der Waals surface area contributed by atoms with Crippen LogP contribution in [0.25, 0.3) is 0 Å². The largest absolute Gasteiger partial charge is 0.468 e. The highest BCUT2D eigenvalue weighted by molar-refractivity contribution is 7.09. The van der Waals surface area contributed by atoms with Crippen molar-refractivity contribution in [1.82, 2.24) is 15.2 Å². The quantitative estimate of drug-likeness (QED) is 0.851. The fourth-order valence-corrected chi connectivity index (χ4v) is 3.09. The van der Waals surface area contributed by atoms with Gasteiger partial charge in [0, 0.05) is 29.6 Å². The molecule has 2 aromatic rings. The lowest BCUT2D eigenvalue weighted by Crippen LogP contribution is -2.20. The van der Waals surface area contributed by atoms with Crippen LogP contribution < -0.4 is 5.32 Å². The van der Waals surface area contributed by atoms with E-state index in [1.54, 1.807) is 17.6 Å². The highest BCUT2D eigenvalue weighted by atomic mass is 32.1. The van der Waals surface area contributed by atoms with Crippen LogP contribution in [-0.4, -0.2) is 23.0 Å². The Morgan fingerprint density at radius 1 is 1.45 bits per heavy atom. The van der Waals surface area contributed by atoms with Gasteiger partial charge in [0.1, 0.15) is 5.76 Å². The fraction of sp³-hybridized carbons (Fsp3) is 0.533. The van der Waals surface area contributed by atoms with Gasteiger partial charge in [-0.05, 0) is 32.9 Å². The second kappa shape index (κ2) is 6.08. The van der Waals surface area contributed by atoms with Crippen LogP contribution in [0.15, 0.2) is 22.3 Å². The molecule has 2 heterocycles. The number of furan rings is 1. The summed E-state index contributed by atoms with van der Waals surface area (Å²) in [6.45, 7) is 4.75. The fourth-order valence-electron chi connectivity index (χ4n) is 2.23. The Morgan fingerprint density at radius 3 is 3.00 bits per heavy atom. The standard InChI is InChI=1S/C15H21N3OS/c1-11-15(20-10-17-11)9-18(2)8-14-12(5-6-19-14)7-16-13-3-4-13/h5-6,10,13,16H,3-4,7-9H2,1-2H3. The van der Waals surface area contributed by atoms with Crippen molar-refractivity contribution < 1.29 is 4.42 Å². The molecular formula is C15H21N3OS. The van der Waals surface area contributed by atoms with Crippen molar-refractivity contribution in [3.63, 3.8) is 0 Å². The number of nitrogens with one attached hydrogen (secondary N) is 1. The minimum atomic E-state index is 0.732. The molecule has 0 radical (unpaired) electrons. The Morgan fingerprint density at radius 2 is 2.30 bits per heavy atom. The van der Waals surface area contributed by atoms with Crippen LogP contribution in [-0.2, 0) is 19.6 Å². The first kappa shape index (κ1) is 13.8. The maximum Gasteiger partial charge on any atom is 0.122 e. The molecule has 0 saturated heterocycles. The second-order valence-corrected chi connectivity index (χ2v) is 6.50. The van der Waals surface area contributed by atoms with Crippen LogP contribution in [0.3, 0.4) is 0 Å². The second-order valence-electron chi connectivity index (χ2n) is 5.56. The zero-order chi connectivity index (χ0) is 13.9. The van der Waals surface area contributed by atoms with Crippen molar-refractivity contribution in [2.24, 2.45) is 0 Å². The molecule has 0 amide bonds. The predicted molar refractivity (Wildman–Crippen MR) is 80.6 cm³/mol. The summed E-state index contributed by atoms with van der Waals surface area (Å²) in [5.74, 6) is 1.07. The molecule has 0 spiro atoms. The predicted octanol–water partition coefficient (Wildman–Crippen LogP) is 2.93. The average Bonchev–Trinajstić information content (AvgIpc) is 3.02. The molecule has 108 valence electrons. The summed E-state index contributed by atoms with van der Waals surface area (Å²) in [5, 5.41) is 3.54. The van der Waals surface area contributed by atoms with E-state index >= 15 is 0 Å². The van der Waals surface area contributed by atoms with Gasteiger partial charge in [0.2, 0.25) is 0 Å².